The molecule has 0 fully saturated rings. The van der Waals surface area contributed by atoms with Crippen LogP contribution in [0.4, 0.5) is 0 Å². The molecule has 0 aliphatic carbocycles. The molecule has 0 bridgehead atoms. The van der Waals surface area contributed by atoms with Gasteiger partial charge in [0.15, 0.2) is 5.43 Å². The molecule has 0 radical (unpaired) electrons. The van der Waals surface area contributed by atoms with Crippen LogP contribution in [0.25, 0.3) is 20.2 Å². The molecule has 0 spiro atoms. The average Bonchev–Trinajstić information content (AvgIpc) is 2.38. The largest absolute Gasteiger partial charge is 0.478 e. The standard InChI is InChI=1S/C14H8O3S.ClH/c15-13-9-3-1-2-4-11(9)18-12-6-5-8(14(16)17)7-10(12)13;/h1-7H,(H,16,17);1H. The molecule has 0 unspecified atom stereocenters. The molecule has 0 atom stereocenters. The minimum Gasteiger partial charge on any atom is -0.478 e. The second-order valence-corrected chi connectivity index (χ2v) is 5.03. The van der Waals surface area contributed by atoms with E-state index in [4.69, 9.17) is 5.11 Å². The fraction of sp³-hybridized carbons (Fsp3) is 0. The topological polar surface area (TPSA) is 54.4 Å². The Labute approximate surface area is 118 Å². The van der Waals surface area contributed by atoms with Crippen LogP contribution in [0.2, 0.25) is 0 Å². The number of hydrogen-bond donors (Lipinski definition) is 1. The smallest absolute Gasteiger partial charge is 0.335 e. The summed E-state index contributed by atoms with van der Waals surface area (Å²) in [6.45, 7) is 0. The molecule has 2 aromatic carbocycles. The molecular weight excluding hydrogens is 284 g/mol. The van der Waals surface area contributed by atoms with E-state index in [9.17, 15) is 9.59 Å². The Morgan fingerprint density at radius 3 is 2.42 bits per heavy atom. The molecule has 3 rings (SSSR count). The molecule has 5 heteroatoms. The van der Waals surface area contributed by atoms with E-state index in [1.54, 1.807) is 12.1 Å². The van der Waals surface area contributed by atoms with Crippen molar-refractivity contribution in [1.29, 1.82) is 0 Å². The highest BCUT2D eigenvalue weighted by molar-refractivity contribution is 7.24. The van der Waals surface area contributed by atoms with Crippen LogP contribution in [0.5, 0.6) is 0 Å². The van der Waals surface area contributed by atoms with Gasteiger partial charge in [0.1, 0.15) is 0 Å². The highest BCUT2D eigenvalue weighted by Crippen LogP contribution is 2.24. The molecule has 1 heterocycles. The number of aromatic carboxylic acids is 1. The second kappa shape index (κ2) is 4.99. The molecule has 0 saturated carbocycles. The SMILES string of the molecule is Cl.O=C(O)c1ccc2sc3ccccc3c(=O)c2c1. The minimum atomic E-state index is -1.02. The van der Waals surface area contributed by atoms with Gasteiger partial charge in [0, 0.05) is 20.2 Å². The third-order valence-electron chi connectivity index (χ3n) is 2.82. The molecule has 1 aromatic heterocycles. The first-order chi connectivity index (χ1) is 8.66. The van der Waals surface area contributed by atoms with Crippen molar-refractivity contribution in [3.05, 3.63) is 58.3 Å². The molecule has 3 aromatic rings. The van der Waals surface area contributed by atoms with E-state index in [1.165, 1.54) is 23.5 Å². The zero-order valence-electron chi connectivity index (χ0n) is 9.62. The Kier molecular flexibility index (Phi) is 3.55. The maximum absolute atomic E-state index is 12.3. The van der Waals surface area contributed by atoms with E-state index >= 15 is 0 Å². The maximum Gasteiger partial charge on any atom is 0.335 e. The molecule has 3 nitrogen and oxygen atoms in total. The van der Waals surface area contributed by atoms with Gasteiger partial charge in [0.25, 0.3) is 0 Å². The van der Waals surface area contributed by atoms with Crippen molar-refractivity contribution in [2.24, 2.45) is 0 Å². The summed E-state index contributed by atoms with van der Waals surface area (Å²) in [5.74, 6) is -1.02. The van der Waals surface area contributed by atoms with Crippen LogP contribution >= 0.6 is 23.7 Å². The summed E-state index contributed by atoms with van der Waals surface area (Å²) < 4.78 is 1.72. The van der Waals surface area contributed by atoms with E-state index in [0.29, 0.717) is 10.8 Å². The molecular formula is C14H9ClO3S. The molecule has 0 saturated heterocycles. The minimum absolute atomic E-state index is 0. The van der Waals surface area contributed by atoms with Gasteiger partial charge in [0.05, 0.1) is 5.56 Å². The number of carboxylic acids is 1. The number of fused-ring (bicyclic) bond motifs is 2. The summed E-state index contributed by atoms with van der Waals surface area (Å²) in [5, 5.41) is 10.1. The monoisotopic (exact) mass is 292 g/mol. The van der Waals surface area contributed by atoms with Crippen LogP contribution in [0, 0.1) is 0 Å². The van der Waals surface area contributed by atoms with Crippen LogP contribution in [-0.2, 0) is 0 Å². The Morgan fingerprint density at radius 2 is 1.68 bits per heavy atom. The lowest BCUT2D eigenvalue weighted by atomic mass is 10.1. The van der Waals surface area contributed by atoms with Crippen molar-refractivity contribution < 1.29 is 9.90 Å². The van der Waals surface area contributed by atoms with E-state index in [0.717, 1.165) is 9.40 Å². The van der Waals surface area contributed by atoms with Crippen molar-refractivity contribution in [3.8, 4) is 0 Å². The van der Waals surface area contributed by atoms with Crippen LogP contribution in [0.3, 0.4) is 0 Å². The number of halogens is 1. The third-order valence-corrected chi connectivity index (χ3v) is 3.97. The van der Waals surface area contributed by atoms with Crippen molar-refractivity contribution >= 4 is 49.9 Å². The van der Waals surface area contributed by atoms with Gasteiger partial charge in [-0.25, -0.2) is 4.79 Å². The number of carbonyl (C=O) groups is 1. The van der Waals surface area contributed by atoms with Gasteiger partial charge in [-0.15, -0.1) is 23.7 Å². The second-order valence-electron chi connectivity index (χ2n) is 3.94. The summed E-state index contributed by atoms with van der Waals surface area (Å²) in [6, 6.07) is 12.0. The fourth-order valence-electron chi connectivity index (χ4n) is 1.94. The molecule has 1 N–H and O–H groups in total. The number of carboxylic acid groups (broad SMARTS) is 1. The Morgan fingerprint density at radius 1 is 1.00 bits per heavy atom. The zero-order valence-corrected chi connectivity index (χ0v) is 11.3. The number of hydrogen-bond acceptors (Lipinski definition) is 3. The van der Waals surface area contributed by atoms with E-state index in [-0.39, 0.29) is 23.4 Å². The first-order valence-electron chi connectivity index (χ1n) is 5.36. The third kappa shape index (κ3) is 2.20. The van der Waals surface area contributed by atoms with Crippen LogP contribution in [0.1, 0.15) is 10.4 Å². The van der Waals surface area contributed by atoms with Crippen LogP contribution in [-0.4, -0.2) is 11.1 Å². The molecule has 19 heavy (non-hydrogen) atoms. The predicted octanol–water partition coefficient (Wildman–Crippen LogP) is 3.53. The van der Waals surface area contributed by atoms with Gasteiger partial charge in [0.2, 0.25) is 0 Å². The highest BCUT2D eigenvalue weighted by Gasteiger charge is 2.09. The fourth-order valence-corrected chi connectivity index (χ4v) is 2.99. The van der Waals surface area contributed by atoms with Crippen LogP contribution in [0.15, 0.2) is 47.3 Å². The summed E-state index contributed by atoms with van der Waals surface area (Å²) >= 11 is 1.49. The summed E-state index contributed by atoms with van der Waals surface area (Å²) in [6.07, 6.45) is 0. The lowest BCUT2D eigenvalue weighted by Gasteiger charge is -2.01. The Bertz CT molecular complexity index is 839. The van der Waals surface area contributed by atoms with Gasteiger partial charge in [-0.05, 0) is 30.3 Å². The van der Waals surface area contributed by atoms with Crippen molar-refractivity contribution in [2.45, 2.75) is 0 Å². The van der Waals surface area contributed by atoms with E-state index < -0.39 is 5.97 Å². The van der Waals surface area contributed by atoms with Crippen molar-refractivity contribution in [2.75, 3.05) is 0 Å². The van der Waals surface area contributed by atoms with Crippen molar-refractivity contribution in [1.82, 2.24) is 0 Å². The average molecular weight is 293 g/mol. The lowest BCUT2D eigenvalue weighted by molar-refractivity contribution is 0.0697. The lowest BCUT2D eigenvalue weighted by Crippen LogP contribution is -2.03. The first-order valence-corrected chi connectivity index (χ1v) is 6.17. The van der Waals surface area contributed by atoms with Gasteiger partial charge >= 0.3 is 5.97 Å². The number of benzene rings is 2. The van der Waals surface area contributed by atoms with E-state index in [2.05, 4.69) is 0 Å². The zero-order chi connectivity index (χ0) is 12.7. The quantitative estimate of drug-likeness (QED) is 0.698. The summed E-state index contributed by atoms with van der Waals surface area (Å²) in [4.78, 5) is 23.2. The Balaban J connectivity index is 0.00000133. The molecule has 0 aliphatic heterocycles. The van der Waals surface area contributed by atoms with Gasteiger partial charge in [-0.2, -0.15) is 0 Å². The van der Waals surface area contributed by atoms with Gasteiger partial charge in [-0.3, -0.25) is 4.79 Å². The molecule has 0 aliphatic rings. The predicted molar refractivity (Wildman–Crippen MR) is 79.8 cm³/mol. The first kappa shape index (κ1) is 13.5. The number of rotatable bonds is 1. The normalized spacial score (nSPS) is 10.3. The van der Waals surface area contributed by atoms with Gasteiger partial charge < -0.3 is 5.11 Å². The summed E-state index contributed by atoms with van der Waals surface area (Å²) in [7, 11) is 0. The Hall–Kier alpha value is -1.91. The van der Waals surface area contributed by atoms with Crippen molar-refractivity contribution in [3.63, 3.8) is 0 Å². The van der Waals surface area contributed by atoms with E-state index in [1.807, 2.05) is 18.2 Å². The maximum atomic E-state index is 12.3. The van der Waals surface area contributed by atoms with Gasteiger partial charge in [-0.1, -0.05) is 12.1 Å². The highest BCUT2D eigenvalue weighted by atomic mass is 35.5. The molecule has 0 amide bonds. The van der Waals surface area contributed by atoms with Crippen LogP contribution < -0.4 is 5.43 Å². The molecule has 96 valence electrons. The summed E-state index contributed by atoms with van der Waals surface area (Å²) in [5.41, 5.74) is 0.0320.